The van der Waals surface area contributed by atoms with Crippen LogP contribution in [0.2, 0.25) is 0 Å². The predicted octanol–water partition coefficient (Wildman–Crippen LogP) is 2.43. The van der Waals surface area contributed by atoms with Crippen LogP contribution in [0.15, 0.2) is 36.4 Å². The van der Waals surface area contributed by atoms with Crippen LogP contribution in [0.25, 0.3) is 0 Å². The van der Waals surface area contributed by atoms with Crippen LogP contribution in [0.4, 0.5) is 5.69 Å². The van der Waals surface area contributed by atoms with Gasteiger partial charge < -0.3 is 4.74 Å². The SMILES string of the molecule is CC(C)(C)OCc1ccccc1N1C(=O)C=CC1=O. The Kier molecular flexibility index (Phi) is 3.53. The summed E-state index contributed by atoms with van der Waals surface area (Å²) in [6, 6.07) is 7.28. The molecule has 0 aliphatic carbocycles. The fourth-order valence-electron chi connectivity index (χ4n) is 1.78. The van der Waals surface area contributed by atoms with Crippen molar-refractivity contribution < 1.29 is 14.3 Å². The highest BCUT2D eigenvalue weighted by atomic mass is 16.5. The van der Waals surface area contributed by atoms with E-state index in [0.717, 1.165) is 5.56 Å². The van der Waals surface area contributed by atoms with E-state index >= 15 is 0 Å². The Labute approximate surface area is 112 Å². The van der Waals surface area contributed by atoms with Crippen molar-refractivity contribution in [2.24, 2.45) is 0 Å². The van der Waals surface area contributed by atoms with Gasteiger partial charge in [0.05, 0.1) is 17.9 Å². The molecule has 2 amide bonds. The molecular formula is C15H17NO3. The number of rotatable bonds is 3. The average Bonchev–Trinajstić information content (AvgIpc) is 2.66. The Balaban J connectivity index is 2.26. The molecule has 0 unspecified atom stereocenters. The molecule has 2 rings (SSSR count). The van der Waals surface area contributed by atoms with Gasteiger partial charge in [0.25, 0.3) is 11.8 Å². The second-order valence-corrected chi connectivity index (χ2v) is 5.37. The number of nitrogens with zero attached hydrogens (tertiary/aromatic N) is 1. The van der Waals surface area contributed by atoms with Crippen molar-refractivity contribution in [3.8, 4) is 0 Å². The highest BCUT2D eigenvalue weighted by Crippen LogP contribution is 2.25. The number of imide groups is 1. The van der Waals surface area contributed by atoms with E-state index in [2.05, 4.69) is 0 Å². The average molecular weight is 259 g/mol. The van der Waals surface area contributed by atoms with E-state index in [4.69, 9.17) is 4.74 Å². The van der Waals surface area contributed by atoms with Gasteiger partial charge in [-0.2, -0.15) is 0 Å². The van der Waals surface area contributed by atoms with Crippen LogP contribution in [0, 0.1) is 0 Å². The van der Waals surface area contributed by atoms with Crippen molar-refractivity contribution in [3.05, 3.63) is 42.0 Å². The van der Waals surface area contributed by atoms with Crippen molar-refractivity contribution in [3.63, 3.8) is 0 Å². The molecule has 0 aromatic heterocycles. The summed E-state index contributed by atoms with van der Waals surface area (Å²) in [5.41, 5.74) is 1.14. The Morgan fingerprint density at radius 1 is 1.05 bits per heavy atom. The van der Waals surface area contributed by atoms with E-state index < -0.39 is 0 Å². The van der Waals surface area contributed by atoms with E-state index in [-0.39, 0.29) is 17.4 Å². The zero-order valence-corrected chi connectivity index (χ0v) is 11.3. The molecule has 19 heavy (non-hydrogen) atoms. The van der Waals surface area contributed by atoms with Crippen molar-refractivity contribution in [2.45, 2.75) is 33.0 Å². The lowest BCUT2D eigenvalue weighted by Gasteiger charge is -2.22. The first-order valence-electron chi connectivity index (χ1n) is 6.16. The van der Waals surface area contributed by atoms with E-state index in [1.807, 2.05) is 32.9 Å². The summed E-state index contributed by atoms with van der Waals surface area (Å²) >= 11 is 0. The fraction of sp³-hybridized carbons (Fsp3) is 0.333. The molecule has 100 valence electrons. The molecule has 0 N–H and O–H groups in total. The van der Waals surface area contributed by atoms with Gasteiger partial charge in [0.15, 0.2) is 0 Å². The minimum Gasteiger partial charge on any atom is -0.371 e. The maximum atomic E-state index is 11.7. The first kappa shape index (κ1) is 13.5. The molecule has 0 bridgehead atoms. The van der Waals surface area contributed by atoms with Crippen molar-refractivity contribution in [1.82, 2.24) is 0 Å². The Hall–Kier alpha value is -1.94. The lowest BCUT2D eigenvalue weighted by atomic mass is 10.1. The third-order valence-corrected chi connectivity index (χ3v) is 2.70. The van der Waals surface area contributed by atoms with Gasteiger partial charge in [0.2, 0.25) is 0 Å². The van der Waals surface area contributed by atoms with Gasteiger partial charge in [-0.25, -0.2) is 4.90 Å². The third kappa shape index (κ3) is 3.09. The minimum absolute atomic E-state index is 0.273. The van der Waals surface area contributed by atoms with Crippen LogP contribution in [0.5, 0.6) is 0 Å². The van der Waals surface area contributed by atoms with Crippen molar-refractivity contribution in [1.29, 1.82) is 0 Å². The van der Waals surface area contributed by atoms with Crippen LogP contribution >= 0.6 is 0 Å². The predicted molar refractivity (Wildman–Crippen MR) is 72.6 cm³/mol. The maximum absolute atomic E-state index is 11.7. The topological polar surface area (TPSA) is 46.6 Å². The number of carbonyl (C=O) groups excluding carboxylic acids is 2. The van der Waals surface area contributed by atoms with E-state index in [0.29, 0.717) is 12.3 Å². The van der Waals surface area contributed by atoms with Crippen LogP contribution in [0.1, 0.15) is 26.3 Å². The van der Waals surface area contributed by atoms with Crippen LogP contribution in [-0.4, -0.2) is 17.4 Å². The van der Waals surface area contributed by atoms with Gasteiger partial charge in [-0.1, -0.05) is 18.2 Å². The van der Waals surface area contributed by atoms with E-state index in [9.17, 15) is 9.59 Å². The van der Waals surface area contributed by atoms with E-state index in [1.165, 1.54) is 17.1 Å². The molecule has 1 aliphatic rings. The molecule has 4 heteroatoms. The molecule has 1 heterocycles. The number of hydrogen-bond donors (Lipinski definition) is 0. The minimum atomic E-state index is -0.312. The highest BCUT2D eigenvalue weighted by molar-refractivity contribution is 6.28. The molecule has 4 nitrogen and oxygen atoms in total. The van der Waals surface area contributed by atoms with Gasteiger partial charge in [0, 0.05) is 17.7 Å². The van der Waals surface area contributed by atoms with Crippen LogP contribution < -0.4 is 4.90 Å². The Morgan fingerprint density at radius 3 is 2.21 bits per heavy atom. The number of anilines is 1. The summed E-state index contributed by atoms with van der Waals surface area (Å²) in [4.78, 5) is 24.6. The quantitative estimate of drug-likeness (QED) is 0.783. The number of ether oxygens (including phenoxy) is 1. The molecular weight excluding hydrogens is 242 g/mol. The molecule has 0 atom stereocenters. The monoisotopic (exact) mass is 259 g/mol. The third-order valence-electron chi connectivity index (χ3n) is 2.70. The fourth-order valence-corrected chi connectivity index (χ4v) is 1.78. The molecule has 1 aromatic rings. The molecule has 0 radical (unpaired) electrons. The first-order chi connectivity index (χ1) is 8.88. The lowest BCUT2D eigenvalue weighted by Crippen LogP contribution is -2.31. The molecule has 0 fully saturated rings. The summed E-state index contributed by atoms with van der Waals surface area (Å²) in [7, 11) is 0. The molecule has 0 spiro atoms. The van der Waals surface area contributed by atoms with Crippen LogP contribution in [-0.2, 0) is 20.9 Å². The van der Waals surface area contributed by atoms with Gasteiger partial charge in [-0.15, -0.1) is 0 Å². The number of benzene rings is 1. The zero-order valence-electron chi connectivity index (χ0n) is 11.3. The summed E-state index contributed by atoms with van der Waals surface area (Å²) < 4.78 is 5.72. The van der Waals surface area contributed by atoms with Gasteiger partial charge in [-0.3, -0.25) is 9.59 Å². The second-order valence-electron chi connectivity index (χ2n) is 5.37. The number of carbonyl (C=O) groups is 2. The Bertz CT molecular complexity index is 523. The molecule has 0 saturated carbocycles. The summed E-state index contributed by atoms with van der Waals surface area (Å²) in [6.07, 6.45) is 2.56. The number of para-hydroxylation sites is 1. The number of hydrogen-bond acceptors (Lipinski definition) is 3. The van der Waals surface area contributed by atoms with Crippen molar-refractivity contribution >= 4 is 17.5 Å². The first-order valence-corrected chi connectivity index (χ1v) is 6.16. The summed E-state index contributed by atoms with van der Waals surface area (Å²) in [5, 5.41) is 0. The van der Waals surface area contributed by atoms with Crippen LogP contribution in [0.3, 0.4) is 0 Å². The molecule has 0 saturated heterocycles. The highest BCUT2D eigenvalue weighted by Gasteiger charge is 2.27. The molecule has 1 aliphatic heterocycles. The smallest absolute Gasteiger partial charge is 0.258 e. The normalized spacial score (nSPS) is 15.4. The summed E-state index contributed by atoms with van der Waals surface area (Å²) in [6.45, 7) is 6.24. The zero-order chi connectivity index (χ0) is 14.0. The lowest BCUT2D eigenvalue weighted by molar-refractivity contribution is -0.120. The van der Waals surface area contributed by atoms with Gasteiger partial charge in [-0.05, 0) is 26.8 Å². The maximum Gasteiger partial charge on any atom is 0.258 e. The largest absolute Gasteiger partial charge is 0.371 e. The van der Waals surface area contributed by atoms with Crippen molar-refractivity contribution in [2.75, 3.05) is 4.90 Å². The van der Waals surface area contributed by atoms with Gasteiger partial charge in [0.1, 0.15) is 0 Å². The van der Waals surface area contributed by atoms with Gasteiger partial charge >= 0.3 is 0 Å². The standard InChI is InChI=1S/C15H17NO3/c1-15(2,3)19-10-11-6-4-5-7-12(11)16-13(17)8-9-14(16)18/h4-9H,10H2,1-3H3. The summed E-state index contributed by atoms with van der Waals surface area (Å²) in [5.74, 6) is -0.624. The number of amides is 2. The Morgan fingerprint density at radius 2 is 1.63 bits per heavy atom. The van der Waals surface area contributed by atoms with E-state index in [1.54, 1.807) is 12.1 Å². The second kappa shape index (κ2) is 4.97. The molecule has 1 aromatic carbocycles.